The minimum absolute atomic E-state index is 0.814. The minimum atomic E-state index is 0.814. The van der Waals surface area contributed by atoms with Crippen molar-refractivity contribution in [2.45, 2.75) is 13.3 Å². The zero-order valence-corrected chi connectivity index (χ0v) is 10.1. The van der Waals surface area contributed by atoms with Gasteiger partial charge in [-0.2, -0.15) is 0 Å². The van der Waals surface area contributed by atoms with Crippen molar-refractivity contribution in [1.29, 1.82) is 0 Å². The average molecular weight is 269 g/mol. The summed E-state index contributed by atoms with van der Waals surface area (Å²) in [5.74, 6) is 0. The Morgan fingerprint density at radius 1 is 1.50 bits per heavy atom. The molecule has 0 bridgehead atoms. The highest BCUT2D eigenvalue weighted by Gasteiger charge is 2.08. The molecule has 0 atom stereocenters. The number of carbonyl (C=O) groups is 1. The number of hydrogen-bond donors (Lipinski definition) is 0. The maximum Gasteiger partial charge on any atom is 0.150 e. The summed E-state index contributed by atoms with van der Waals surface area (Å²) in [6, 6.07) is 5.99. The fourth-order valence-corrected chi connectivity index (χ4v) is 3.36. The molecular weight excluding hydrogens is 260 g/mol. The summed E-state index contributed by atoms with van der Waals surface area (Å²) in [6.45, 7) is 2.08. The van der Waals surface area contributed by atoms with Crippen LogP contribution < -0.4 is 0 Å². The van der Waals surface area contributed by atoms with Crippen LogP contribution in [0, 0.1) is 0 Å². The van der Waals surface area contributed by atoms with Crippen LogP contribution >= 0.6 is 27.3 Å². The third-order valence-corrected chi connectivity index (χ3v) is 3.99. The van der Waals surface area contributed by atoms with Gasteiger partial charge in [0.15, 0.2) is 0 Å². The molecule has 0 unspecified atom stereocenters. The van der Waals surface area contributed by atoms with Crippen molar-refractivity contribution in [1.82, 2.24) is 0 Å². The molecule has 0 N–H and O–H groups in total. The predicted molar refractivity (Wildman–Crippen MR) is 64.3 cm³/mol. The summed E-state index contributed by atoms with van der Waals surface area (Å²) in [5, 5.41) is 1.21. The maximum absolute atomic E-state index is 10.8. The molecule has 0 fully saturated rings. The monoisotopic (exact) mass is 268 g/mol. The Balaban J connectivity index is 2.82. The molecule has 0 radical (unpaired) electrons. The topological polar surface area (TPSA) is 17.1 Å². The maximum atomic E-state index is 10.8. The van der Waals surface area contributed by atoms with Gasteiger partial charge in [0, 0.05) is 10.3 Å². The largest absolute Gasteiger partial charge is 0.298 e. The summed E-state index contributed by atoms with van der Waals surface area (Å²) in [4.78, 5) is 10.8. The van der Waals surface area contributed by atoms with Crippen LogP contribution in [0.1, 0.15) is 22.8 Å². The van der Waals surface area contributed by atoms with Gasteiger partial charge < -0.3 is 0 Å². The quantitative estimate of drug-likeness (QED) is 0.752. The van der Waals surface area contributed by atoms with Gasteiger partial charge in [0.05, 0.1) is 3.79 Å². The minimum Gasteiger partial charge on any atom is -0.298 e. The first-order chi connectivity index (χ1) is 6.76. The van der Waals surface area contributed by atoms with Gasteiger partial charge in [-0.25, -0.2) is 0 Å². The predicted octanol–water partition coefficient (Wildman–Crippen LogP) is 4.04. The van der Waals surface area contributed by atoms with Crippen LogP contribution in [0.15, 0.2) is 22.0 Å². The van der Waals surface area contributed by atoms with Crippen molar-refractivity contribution < 1.29 is 4.79 Å². The molecule has 72 valence electrons. The average Bonchev–Trinajstić information content (AvgIpc) is 2.56. The van der Waals surface area contributed by atoms with Gasteiger partial charge in [0.2, 0.25) is 0 Å². The fourth-order valence-electron chi connectivity index (χ4n) is 1.62. The Hall–Kier alpha value is -0.670. The van der Waals surface area contributed by atoms with E-state index in [-0.39, 0.29) is 0 Å². The van der Waals surface area contributed by atoms with Crippen molar-refractivity contribution in [2.24, 2.45) is 0 Å². The van der Waals surface area contributed by atoms with Gasteiger partial charge >= 0.3 is 0 Å². The van der Waals surface area contributed by atoms with Gasteiger partial charge in [-0.15, -0.1) is 11.3 Å². The normalized spacial score (nSPS) is 10.7. The molecule has 1 aromatic heterocycles. The van der Waals surface area contributed by atoms with Crippen LogP contribution in [-0.4, -0.2) is 6.29 Å². The number of rotatable bonds is 2. The number of carbonyl (C=O) groups excluding carboxylic acids is 1. The van der Waals surface area contributed by atoms with Gasteiger partial charge in [0.25, 0.3) is 0 Å². The third-order valence-electron chi connectivity index (χ3n) is 2.28. The van der Waals surface area contributed by atoms with Crippen LogP contribution in [0.4, 0.5) is 0 Å². The molecule has 0 saturated carbocycles. The molecular formula is C11H9BrOS. The van der Waals surface area contributed by atoms with E-state index in [9.17, 15) is 4.79 Å². The zero-order chi connectivity index (χ0) is 10.1. The molecule has 0 saturated heterocycles. The third kappa shape index (κ3) is 1.51. The molecule has 1 aromatic carbocycles. The first-order valence-electron chi connectivity index (χ1n) is 4.42. The molecule has 0 amide bonds. The first kappa shape index (κ1) is 9.87. The summed E-state index contributed by atoms with van der Waals surface area (Å²) in [7, 11) is 0. The fraction of sp³-hybridized carbons (Fsp3) is 0.182. The lowest BCUT2D eigenvalue weighted by molar-refractivity contribution is 0.112. The summed E-state index contributed by atoms with van der Waals surface area (Å²) in [5.41, 5.74) is 1.97. The number of aryl methyl sites for hydroxylation is 1. The standard InChI is InChI=1S/C11H9BrOS/c1-2-9-8(6-13)4-3-7-5-10(12)14-11(7)9/h3-6H,2H2,1H3. The molecule has 0 aliphatic carbocycles. The summed E-state index contributed by atoms with van der Waals surface area (Å²) in [6.07, 6.45) is 1.84. The number of thiophene rings is 1. The smallest absolute Gasteiger partial charge is 0.150 e. The molecule has 1 heterocycles. The van der Waals surface area contributed by atoms with Gasteiger partial charge in [-0.05, 0) is 39.4 Å². The zero-order valence-electron chi connectivity index (χ0n) is 7.71. The van der Waals surface area contributed by atoms with Crippen molar-refractivity contribution in [2.75, 3.05) is 0 Å². The Bertz CT molecular complexity index is 487. The van der Waals surface area contributed by atoms with Crippen molar-refractivity contribution in [3.8, 4) is 0 Å². The highest BCUT2D eigenvalue weighted by Crippen LogP contribution is 2.33. The van der Waals surface area contributed by atoms with Crippen LogP contribution in [-0.2, 0) is 6.42 Å². The summed E-state index contributed by atoms with van der Waals surface area (Å²) < 4.78 is 2.34. The van der Waals surface area contributed by atoms with E-state index >= 15 is 0 Å². The molecule has 14 heavy (non-hydrogen) atoms. The van der Waals surface area contributed by atoms with Crippen LogP contribution in [0.2, 0.25) is 0 Å². The Labute approximate surface area is 94.9 Å². The Morgan fingerprint density at radius 3 is 2.93 bits per heavy atom. The molecule has 1 nitrogen and oxygen atoms in total. The van der Waals surface area contributed by atoms with Gasteiger partial charge in [0.1, 0.15) is 6.29 Å². The molecule has 0 aliphatic heterocycles. The van der Waals surface area contributed by atoms with E-state index in [4.69, 9.17) is 0 Å². The van der Waals surface area contributed by atoms with Crippen LogP contribution in [0.25, 0.3) is 10.1 Å². The highest BCUT2D eigenvalue weighted by molar-refractivity contribution is 9.11. The molecule has 2 aromatic rings. The number of benzene rings is 1. The Morgan fingerprint density at radius 2 is 2.29 bits per heavy atom. The van der Waals surface area contributed by atoms with Crippen molar-refractivity contribution in [3.63, 3.8) is 0 Å². The van der Waals surface area contributed by atoms with Gasteiger partial charge in [-0.1, -0.05) is 19.1 Å². The number of aldehydes is 1. The Kier molecular flexibility index (Phi) is 2.70. The van der Waals surface area contributed by atoms with Gasteiger partial charge in [-0.3, -0.25) is 4.79 Å². The van der Waals surface area contributed by atoms with E-state index in [2.05, 4.69) is 28.9 Å². The van der Waals surface area contributed by atoms with E-state index in [1.54, 1.807) is 11.3 Å². The second-order valence-corrected chi connectivity index (χ2v) is 5.51. The number of fused-ring (bicyclic) bond motifs is 1. The van der Waals surface area contributed by atoms with E-state index in [1.807, 2.05) is 12.1 Å². The summed E-state index contributed by atoms with van der Waals surface area (Å²) >= 11 is 5.16. The van der Waals surface area contributed by atoms with E-state index in [1.165, 1.54) is 10.1 Å². The lowest BCUT2D eigenvalue weighted by atomic mass is 10.0. The lowest BCUT2D eigenvalue weighted by Crippen LogP contribution is -1.89. The second kappa shape index (κ2) is 3.83. The number of hydrogen-bond acceptors (Lipinski definition) is 2. The van der Waals surface area contributed by atoms with Crippen molar-refractivity contribution >= 4 is 43.6 Å². The van der Waals surface area contributed by atoms with E-state index in [0.29, 0.717) is 0 Å². The van der Waals surface area contributed by atoms with E-state index in [0.717, 1.165) is 27.6 Å². The number of halogens is 1. The van der Waals surface area contributed by atoms with Crippen molar-refractivity contribution in [3.05, 3.63) is 33.1 Å². The lowest BCUT2D eigenvalue weighted by Gasteiger charge is -2.02. The van der Waals surface area contributed by atoms with Crippen LogP contribution in [0.3, 0.4) is 0 Å². The molecule has 2 rings (SSSR count). The SMILES string of the molecule is CCc1c(C=O)ccc2cc(Br)sc12. The molecule has 0 spiro atoms. The molecule has 0 aliphatic rings. The highest BCUT2D eigenvalue weighted by atomic mass is 79.9. The van der Waals surface area contributed by atoms with E-state index < -0.39 is 0 Å². The van der Waals surface area contributed by atoms with Crippen LogP contribution in [0.5, 0.6) is 0 Å². The first-order valence-corrected chi connectivity index (χ1v) is 6.03. The second-order valence-electron chi connectivity index (χ2n) is 3.07. The molecule has 3 heteroatoms.